The smallest absolute Gasteiger partial charge is 0.196 e. The lowest BCUT2D eigenvalue weighted by atomic mass is 10.2. The molecular weight excluding hydrogens is 226 g/mol. The van der Waals surface area contributed by atoms with Crippen molar-refractivity contribution in [2.75, 3.05) is 13.1 Å². The summed E-state index contributed by atoms with van der Waals surface area (Å²) < 4.78 is 1.68. The van der Waals surface area contributed by atoms with Crippen molar-refractivity contribution in [1.82, 2.24) is 15.1 Å². The van der Waals surface area contributed by atoms with E-state index in [0.29, 0.717) is 17.3 Å². The summed E-state index contributed by atoms with van der Waals surface area (Å²) in [4.78, 5) is 11.9. The molecule has 0 bridgehead atoms. The molecule has 5 heteroatoms. The third-order valence-corrected chi connectivity index (χ3v) is 2.48. The lowest BCUT2D eigenvalue weighted by Crippen LogP contribution is -2.26. The van der Waals surface area contributed by atoms with Crippen molar-refractivity contribution in [3.8, 4) is 0 Å². The van der Waals surface area contributed by atoms with Crippen molar-refractivity contribution in [3.63, 3.8) is 0 Å². The third kappa shape index (κ3) is 3.32. The molecule has 0 saturated heterocycles. The fourth-order valence-corrected chi connectivity index (χ4v) is 1.73. The molecule has 0 aliphatic rings. The Morgan fingerprint density at radius 1 is 1.50 bits per heavy atom. The number of nitrogens with one attached hydrogen (secondary N) is 1. The van der Waals surface area contributed by atoms with Crippen LogP contribution in [0.15, 0.2) is 6.20 Å². The van der Waals surface area contributed by atoms with Crippen LogP contribution in [0.1, 0.15) is 37.2 Å². The minimum atomic E-state index is 0.00407. The molecule has 0 aromatic carbocycles. The summed E-state index contributed by atoms with van der Waals surface area (Å²) in [5, 5.41) is 7.60. The van der Waals surface area contributed by atoms with Gasteiger partial charge in [-0.15, -0.1) is 0 Å². The Morgan fingerprint density at radius 3 is 2.88 bits per heavy atom. The predicted octanol–water partition coefficient (Wildman–Crippen LogP) is 2.13. The zero-order valence-electron chi connectivity index (χ0n) is 9.79. The van der Waals surface area contributed by atoms with Gasteiger partial charge in [0.05, 0.1) is 17.8 Å². The molecule has 0 atom stereocenters. The van der Waals surface area contributed by atoms with Gasteiger partial charge in [0, 0.05) is 6.54 Å². The first kappa shape index (κ1) is 13.2. The van der Waals surface area contributed by atoms with Crippen LogP contribution in [0.2, 0.25) is 5.02 Å². The van der Waals surface area contributed by atoms with Crippen molar-refractivity contribution >= 4 is 17.4 Å². The number of ketones is 1. The van der Waals surface area contributed by atoms with Crippen LogP contribution < -0.4 is 5.32 Å². The third-order valence-electron chi connectivity index (χ3n) is 2.21. The number of halogens is 1. The van der Waals surface area contributed by atoms with Gasteiger partial charge in [-0.25, -0.2) is 0 Å². The number of hydrogen-bond donors (Lipinski definition) is 1. The lowest BCUT2D eigenvalue weighted by Gasteiger charge is -2.06. The molecule has 1 N–H and O–H groups in total. The summed E-state index contributed by atoms with van der Waals surface area (Å²) in [7, 11) is 0. The SMILES string of the molecule is CCCNCC(=O)c1c(Cl)cnn1CCC. The highest BCUT2D eigenvalue weighted by atomic mass is 35.5. The molecule has 90 valence electrons. The van der Waals surface area contributed by atoms with E-state index in [-0.39, 0.29) is 5.78 Å². The topological polar surface area (TPSA) is 46.9 Å². The highest BCUT2D eigenvalue weighted by molar-refractivity contribution is 6.33. The molecule has 4 nitrogen and oxygen atoms in total. The molecule has 1 aromatic heterocycles. The second-order valence-electron chi connectivity index (χ2n) is 3.66. The van der Waals surface area contributed by atoms with Crippen LogP contribution in [0, 0.1) is 0 Å². The zero-order chi connectivity index (χ0) is 12.0. The average molecular weight is 244 g/mol. The maximum Gasteiger partial charge on any atom is 0.196 e. The molecule has 1 rings (SSSR count). The van der Waals surface area contributed by atoms with E-state index in [9.17, 15) is 4.79 Å². The van der Waals surface area contributed by atoms with Crippen LogP contribution in [0.3, 0.4) is 0 Å². The molecule has 0 spiro atoms. The molecule has 16 heavy (non-hydrogen) atoms. The monoisotopic (exact) mass is 243 g/mol. The van der Waals surface area contributed by atoms with Crippen LogP contribution in [0.25, 0.3) is 0 Å². The van der Waals surface area contributed by atoms with E-state index in [4.69, 9.17) is 11.6 Å². The Bertz CT molecular complexity index is 349. The fourth-order valence-electron chi connectivity index (χ4n) is 1.48. The van der Waals surface area contributed by atoms with Crippen molar-refractivity contribution in [2.24, 2.45) is 0 Å². The summed E-state index contributed by atoms with van der Waals surface area (Å²) in [6.45, 7) is 5.99. The Morgan fingerprint density at radius 2 is 2.25 bits per heavy atom. The average Bonchev–Trinajstić information content (AvgIpc) is 2.61. The molecule has 1 heterocycles. The van der Waals surface area contributed by atoms with E-state index in [1.807, 2.05) is 6.92 Å². The number of nitrogens with zero attached hydrogens (tertiary/aromatic N) is 2. The van der Waals surface area contributed by atoms with Gasteiger partial charge in [-0.3, -0.25) is 9.48 Å². The molecule has 0 aliphatic heterocycles. The normalized spacial score (nSPS) is 10.7. The number of hydrogen-bond acceptors (Lipinski definition) is 3. The van der Waals surface area contributed by atoms with E-state index in [0.717, 1.165) is 25.9 Å². The molecule has 0 aliphatic carbocycles. The Labute approximate surface area is 101 Å². The van der Waals surface area contributed by atoms with Gasteiger partial charge in [0.15, 0.2) is 5.78 Å². The summed E-state index contributed by atoms with van der Waals surface area (Å²) in [5.41, 5.74) is 0.520. The number of aryl methyl sites for hydroxylation is 1. The number of aromatic nitrogens is 2. The highest BCUT2D eigenvalue weighted by Crippen LogP contribution is 2.15. The number of Topliss-reactive ketones (excluding diaryl/α,β-unsaturated/α-hetero) is 1. The fraction of sp³-hybridized carbons (Fsp3) is 0.636. The van der Waals surface area contributed by atoms with E-state index in [2.05, 4.69) is 17.3 Å². The molecule has 0 unspecified atom stereocenters. The summed E-state index contributed by atoms with van der Waals surface area (Å²) in [6, 6.07) is 0. The largest absolute Gasteiger partial charge is 0.310 e. The van der Waals surface area contributed by atoms with E-state index in [1.54, 1.807) is 4.68 Å². The molecule has 0 radical (unpaired) electrons. The maximum absolute atomic E-state index is 11.9. The Balaban J connectivity index is 2.69. The van der Waals surface area contributed by atoms with Crippen LogP contribution in [-0.4, -0.2) is 28.7 Å². The Hall–Kier alpha value is -0.870. The second-order valence-corrected chi connectivity index (χ2v) is 4.07. The Kier molecular flexibility index (Phi) is 5.49. The lowest BCUT2D eigenvalue weighted by molar-refractivity contribution is 0.0981. The minimum Gasteiger partial charge on any atom is -0.310 e. The van der Waals surface area contributed by atoms with E-state index in [1.165, 1.54) is 6.20 Å². The molecular formula is C11H18ClN3O. The number of rotatable bonds is 7. The molecule has 0 fully saturated rings. The first-order valence-electron chi connectivity index (χ1n) is 5.65. The van der Waals surface area contributed by atoms with Gasteiger partial charge in [-0.05, 0) is 19.4 Å². The minimum absolute atomic E-state index is 0.00407. The van der Waals surface area contributed by atoms with Crippen molar-refractivity contribution in [3.05, 3.63) is 16.9 Å². The van der Waals surface area contributed by atoms with E-state index >= 15 is 0 Å². The predicted molar refractivity (Wildman–Crippen MR) is 65.0 cm³/mol. The molecule has 1 aromatic rings. The molecule has 0 saturated carbocycles. The van der Waals surface area contributed by atoms with Gasteiger partial charge < -0.3 is 5.32 Å². The van der Waals surface area contributed by atoms with E-state index < -0.39 is 0 Å². The van der Waals surface area contributed by atoms with Gasteiger partial charge in [-0.2, -0.15) is 5.10 Å². The first-order chi connectivity index (χ1) is 7.70. The van der Waals surface area contributed by atoms with Crippen LogP contribution >= 0.6 is 11.6 Å². The van der Waals surface area contributed by atoms with Gasteiger partial charge in [0.1, 0.15) is 5.69 Å². The maximum atomic E-state index is 11.9. The van der Waals surface area contributed by atoms with Crippen molar-refractivity contribution in [2.45, 2.75) is 33.2 Å². The van der Waals surface area contributed by atoms with Gasteiger partial charge >= 0.3 is 0 Å². The number of carbonyl (C=O) groups is 1. The van der Waals surface area contributed by atoms with Crippen molar-refractivity contribution in [1.29, 1.82) is 0 Å². The van der Waals surface area contributed by atoms with Crippen LogP contribution in [0.4, 0.5) is 0 Å². The summed E-state index contributed by atoms with van der Waals surface area (Å²) in [6.07, 6.45) is 3.47. The first-order valence-corrected chi connectivity index (χ1v) is 6.03. The van der Waals surface area contributed by atoms with Crippen molar-refractivity contribution < 1.29 is 4.79 Å². The summed E-state index contributed by atoms with van der Waals surface area (Å²) in [5.74, 6) is 0.00407. The van der Waals surface area contributed by atoms with Crippen LogP contribution in [-0.2, 0) is 6.54 Å². The molecule has 0 amide bonds. The zero-order valence-corrected chi connectivity index (χ0v) is 10.5. The quantitative estimate of drug-likeness (QED) is 0.590. The second kappa shape index (κ2) is 6.66. The van der Waals surface area contributed by atoms with Gasteiger partial charge in [-0.1, -0.05) is 25.4 Å². The van der Waals surface area contributed by atoms with Gasteiger partial charge in [0.25, 0.3) is 0 Å². The highest BCUT2D eigenvalue weighted by Gasteiger charge is 2.16. The standard InChI is InChI=1S/C11H18ClN3O/c1-3-5-13-8-10(16)11-9(12)7-14-15(11)6-4-2/h7,13H,3-6,8H2,1-2H3. The summed E-state index contributed by atoms with van der Waals surface area (Å²) >= 11 is 5.96. The van der Waals surface area contributed by atoms with Crippen LogP contribution in [0.5, 0.6) is 0 Å². The van der Waals surface area contributed by atoms with Gasteiger partial charge in [0.2, 0.25) is 0 Å². The number of carbonyl (C=O) groups excluding carboxylic acids is 1.